The predicted molar refractivity (Wildman–Crippen MR) is 127 cm³/mol. The van der Waals surface area contributed by atoms with E-state index >= 15 is 0 Å². The minimum atomic E-state index is 0.276. The van der Waals surface area contributed by atoms with Gasteiger partial charge in [-0.15, -0.1) is 0 Å². The van der Waals surface area contributed by atoms with Gasteiger partial charge in [0.1, 0.15) is 0 Å². The molecule has 0 aliphatic rings. The number of hydrogen-bond acceptors (Lipinski definition) is 4. The largest absolute Gasteiger partial charge is 0.342 e. The Bertz CT molecular complexity index is 343. The molecule has 0 spiro atoms. The molecule has 166 valence electrons. The third-order valence-corrected chi connectivity index (χ3v) is 6.80. The molecule has 0 fully saturated rings. The van der Waals surface area contributed by atoms with Crippen LogP contribution in [0, 0.1) is 0 Å². The molecule has 0 unspecified atom stereocenters. The SMILES string of the molecule is CCCCN(CCCC)C(=O)CSCCSCC(=O)N(CCCC)CCCC. The van der Waals surface area contributed by atoms with Crippen LogP contribution in [0.4, 0.5) is 0 Å². The van der Waals surface area contributed by atoms with Crippen molar-refractivity contribution in [3.8, 4) is 0 Å². The van der Waals surface area contributed by atoms with E-state index in [9.17, 15) is 9.59 Å². The summed E-state index contributed by atoms with van der Waals surface area (Å²) < 4.78 is 0. The van der Waals surface area contributed by atoms with E-state index in [1.165, 1.54) is 0 Å². The number of rotatable bonds is 19. The van der Waals surface area contributed by atoms with Gasteiger partial charge in [0.15, 0.2) is 0 Å². The van der Waals surface area contributed by atoms with E-state index in [1.807, 2.05) is 9.80 Å². The van der Waals surface area contributed by atoms with Crippen molar-refractivity contribution < 1.29 is 9.59 Å². The summed E-state index contributed by atoms with van der Waals surface area (Å²) in [6.07, 6.45) is 8.86. The molecule has 0 aliphatic heterocycles. The van der Waals surface area contributed by atoms with E-state index in [-0.39, 0.29) is 11.8 Å². The molecule has 0 heterocycles. The fourth-order valence-electron chi connectivity index (χ4n) is 2.74. The zero-order valence-electron chi connectivity index (χ0n) is 18.8. The Labute approximate surface area is 182 Å². The minimum Gasteiger partial charge on any atom is -0.342 e. The highest BCUT2D eigenvalue weighted by Crippen LogP contribution is 2.11. The Kier molecular flexibility index (Phi) is 19.7. The first-order valence-corrected chi connectivity index (χ1v) is 13.6. The Balaban J connectivity index is 4.02. The van der Waals surface area contributed by atoms with Gasteiger partial charge in [0.25, 0.3) is 0 Å². The second-order valence-electron chi connectivity index (χ2n) is 7.28. The predicted octanol–water partition coefficient (Wildman–Crippen LogP) is 5.31. The van der Waals surface area contributed by atoms with Crippen molar-refractivity contribution in [3.63, 3.8) is 0 Å². The molecule has 0 bridgehead atoms. The molecule has 28 heavy (non-hydrogen) atoms. The van der Waals surface area contributed by atoms with Crippen LogP contribution in [0.15, 0.2) is 0 Å². The van der Waals surface area contributed by atoms with Gasteiger partial charge in [0.2, 0.25) is 11.8 Å². The number of carbonyl (C=O) groups excluding carboxylic acids is 2. The van der Waals surface area contributed by atoms with Gasteiger partial charge >= 0.3 is 0 Å². The van der Waals surface area contributed by atoms with Crippen molar-refractivity contribution in [2.75, 3.05) is 49.2 Å². The van der Waals surface area contributed by atoms with Crippen molar-refractivity contribution in [3.05, 3.63) is 0 Å². The zero-order chi connectivity index (χ0) is 21.0. The third-order valence-electron chi connectivity index (χ3n) is 4.65. The van der Waals surface area contributed by atoms with Gasteiger partial charge in [-0.3, -0.25) is 9.59 Å². The molecule has 0 N–H and O–H groups in total. The normalized spacial score (nSPS) is 10.9. The zero-order valence-corrected chi connectivity index (χ0v) is 20.5. The molecule has 4 nitrogen and oxygen atoms in total. The molecule has 0 aromatic carbocycles. The van der Waals surface area contributed by atoms with Crippen LogP contribution < -0.4 is 0 Å². The van der Waals surface area contributed by atoms with Crippen molar-refractivity contribution in [2.24, 2.45) is 0 Å². The lowest BCUT2D eigenvalue weighted by atomic mass is 10.2. The summed E-state index contributed by atoms with van der Waals surface area (Å²) in [4.78, 5) is 28.9. The Morgan fingerprint density at radius 1 is 0.571 bits per heavy atom. The van der Waals surface area contributed by atoms with Gasteiger partial charge in [0, 0.05) is 37.7 Å². The smallest absolute Gasteiger partial charge is 0.232 e. The van der Waals surface area contributed by atoms with E-state index < -0.39 is 0 Å². The van der Waals surface area contributed by atoms with Crippen LogP contribution in [-0.4, -0.2) is 70.8 Å². The summed E-state index contributed by atoms with van der Waals surface area (Å²) in [7, 11) is 0. The summed E-state index contributed by atoms with van der Waals surface area (Å²) >= 11 is 3.41. The molecule has 0 radical (unpaired) electrons. The van der Waals surface area contributed by atoms with Crippen molar-refractivity contribution in [2.45, 2.75) is 79.1 Å². The molecular weight excluding hydrogens is 388 g/mol. The second kappa shape index (κ2) is 19.9. The van der Waals surface area contributed by atoms with E-state index in [1.54, 1.807) is 23.5 Å². The molecule has 0 rings (SSSR count). The first kappa shape index (κ1) is 27.6. The highest BCUT2D eigenvalue weighted by molar-refractivity contribution is 8.03. The second-order valence-corrected chi connectivity index (χ2v) is 9.49. The van der Waals surface area contributed by atoms with Gasteiger partial charge in [-0.2, -0.15) is 23.5 Å². The minimum absolute atomic E-state index is 0.276. The highest BCUT2D eigenvalue weighted by Gasteiger charge is 2.14. The molecule has 0 saturated carbocycles. The van der Waals surface area contributed by atoms with Gasteiger partial charge in [-0.25, -0.2) is 0 Å². The van der Waals surface area contributed by atoms with E-state index in [4.69, 9.17) is 0 Å². The van der Waals surface area contributed by atoms with Gasteiger partial charge < -0.3 is 9.80 Å². The maximum Gasteiger partial charge on any atom is 0.232 e. The Morgan fingerprint density at radius 3 is 1.11 bits per heavy atom. The standard InChI is InChI=1S/C22H44N2O2S2/c1-5-9-13-23(14-10-6-2)21(25)19-27-17-18-28-20-22(26)24(15-11-7-3)16-12-8-4/h5-20H2,1-4H3. The fraction of sp³-hybridized carbons (Fsp3) is 0.909. The van der Waals surface area contributed by atoms with E-state index in [2.05, 4.69) is 27.7 Å². The van der Waals surface area contributed by atoms with Gasteiger partial charge in [-0.1, -0.05) is 53.4 Å². The number of amides is 2. The summed E-state index contributed by atoms with van der Waals surface area (Å²) in [5.74, 6) is 3.56. The van der Waals surface area contributed by atoms with Crippen LogP contribution in [0.3, 0.4) is 0 Å². The van der Waals surface area contributed by atoms with Crippen LogP contribution in [-0.2, 0) is 9.59 Å². The number of carbonyl (C=O) groups is 2. The van der Waals surface area contributed by atoms with Crippen LogP contribution in [0.2, 0.25) is 0 Å². The Morgan fingerprint density at radius 2 is 0.857 bits per heavy atom. The van der Waals surface area contributed by atoms with E-state index in [0.717, 1.165) is 89.1 Å². The molecule has 0 aliphatic carbocycles. The summed E-state index contributed by atoms with van der Waals surface area (Å²) in [6.45, 7) is 12.2. The first-order chi connectivity index (χ1) is 13.6. The summed E-state index contributed by atoms with van der Waals surface area (Å²) in [5.41, 5.74) is 0. The van der Waals surface area contributed by atoms with Crippen LogP contribution in [0.1, 0.15) is 79.1 Å². The lowest BCUT2D eigenvalue weighted by Gasteiger charge is -2.22. The van der Waals surface area contributed by atoms with Crippen molar-refractivity contribution in [1.29, 1.82) is 0 Å². The number of hydrogen-bond donors (Lipinski definition) is 0. The molecule has 2 amide bonds. The highest BCUT2D eigenvalue weighted by atomic mass is 32.2. The lowest BCUT2D eigenvalue weighted by Crippen LogP contribution is -2.34. The Hall–Kier alpha value is -0.360. The van der Waals surface area contributed by atoms with Crippen molar-refractivity contribution >= 4 is 35.3 Å². The molecule has 0 atom stereocenters. The van der Waals surface area contributed by atoms with Crippen LogP contribution in [0.5, 0.6) is 0 Å². The molecule has 6 heteroatoms. The lowest BCUT2D eigenvalue weighted by molar-refractivity contribution is -0.129. The van der Waals surface area contributed by atoms with Gasteiger partial charge in [-0.05, 0) is 25.7 Å². The maximum atomic E-state index is 12.4. The van der Waals surface area contributed by atoms with Crippen LogP contribution in [0.25, 0.3) is 0 Å². The van der Waals surface area contributed by atoms with Crippen LogP contribution >= 0.6 is 23.5 Å². The number of nitrogens with zero attached hydrogens (tertiary/aromatic N) is 2. The van der Waals surface area contributed by atoms with Crippen molar-refractivity contribution in [1.82, 2.24) is 9.80 Å². The molecular formula is C22H44N2O2S2. The quantitative estimate of drug-likeness (QED) is 0.259. The monoisotopic (exact) mass is 432 g/mol. The average molecular weight is 433 g/mol. The number of thioether (sulfide) groups is 2. The maximum absolute atomic E-state index is 12.4. The molecule has 0 saturated heterocycles. The molecule has 0 aromatic heterocycles. The first-order valence-electron chi connectivity index (χ1n) is 11.3. The number of unbranched alkanes of at least 4 members (excludes halogenated alkanes) is 4. The topological polar surface area (TPSA) is 40.6 Å². The fourth-order valence-corrected chi connectivity index (χ4v) is 4.68. The van der Waals surface area contributed by atoms with Gasteiger partial charge in [0.05, 0.1) is 11.5 Å². The average Bonchev–Trinajstić information content (AvgIpc) is 2.70. The summed E-state index contributed by atoms with van der Waals surface area (Å²) in [5, 5.41) is 0. The van der Waals surface area contributed by atoms with E-state index in [0.29, 0.717) is 11.5 Å². The molecule has 0 aromatic rings. The summed E-state index contributed by atoms with van der Waals surface area (Å²) in [6, 6.07) is 0. The third kappa shape index (κ3) is 14.6.